The van der Waals surface area contributed by atoms with Gasteiger partial charge in [0.05, 0.1) is 10.6 Å². The summed E-state index contributed by atoms with van der Waals surface area (Å²) in [6, 6.07) is 7.34. The summed E-state index contributed by atoms with van der Waals surface area (Å²) in [7, 11) is 0. The molecule has 0 bridgehead atoms. The van der Waals surface area contributed by atoms with E-state index < -0.39 is 5.82 Å². The number of hydrogen-bond donors (Lipinski definition) is 1. The molecule has 0 unspecified atom stereocenters. The van der Waals surface area contributed by atoms with Gasteiger partial charge in [0, 0.05) is 38.1 Å². The Morgan fingerprint density at radius 2 is 2.13 bits per heavy atom. The van der Waals surface area contributed by atoms with Crippen LogP contribution in [0.4, 0.5) is 10.1 Å². The smallest absolute Gasteiger partial charge is 0.252 e. The molecule has 1 aromatic heterocycles. The number of carbonyl (C=O) groups excluding carboxylic acids is 2. The molecule has 120 valence electrons. The monoisotopic (exact) mass is 335 g/mol. The number of nitrogens with one attached hydrogen (secondary N) is 1. The second-order valence-electron chi connectivity index (χ2n) is 4.77. The van der Waals surface area contributed by atoms with Gasteiger partial charge in [0.25, 0.3) is 5.91 Å². The first kappa shape index (κ1) is 16.9. The molecule has 0 fully saturated rings. The first-order chi connectivity index (χ1) is 11.0. The maximum Gasteiger partial charge on any atom is 0.252 e. The number of aromatic nitrogens is 1. The van der Waals surface area contributed by atoms with E-state index in [0.29, 0.717) is 11.3 Å². The standard InChI is InChI=1S/C16H15ClFN3O2/c1-11(22)21(13-4-5-15(18)14(17)9-13)8-7-20-16(23)12-3-2-6-19-10-12/h2-6,9-10H,7-8H2,1H3,(H,20,23). The lowest BCUT2D eigenvalue weighted by Gasteiger charge is -2.21. The van der Waals surface area contributed by atoms with E-state index in [2.05, 4.69) is 10.3 Å². The van der Waals surface area contributed by atoms with Crippen LogP contribution in [-0.2, 0) is 4.79 Å². The van der Waals surface area contributed by atoms with E-state index >= 15 is 0 Å². The van der Waals surface area contributed by atoms with Gasteiger partial charge in [-0.05, 0) is 30.3 Å². The summed E-state index contributed by atoms with van der Waals surface area (Å²) < 4.78 is 13.2. The fourth-order valence-electron chi connectivity index (χ4n) is 2.00. The number of pyridine rings is 1. The molecule has 1 N–H and O–H groups in total. The molecule has 23 heavy (non-hydrogen) atoms. The number of carbonyl (C=O) groups is 2. The second kappa shape index (κ2) is 7.69. The Morgan fingerprint density at radius 1 is 1.35 bits per heavy atom. The van der Waals surface area contributed by atoms with Gasteiger partial charge in [0.15, 0.2) is 0 Å². The van der Waals surface area contributed by atoms with E-state index in [1.165, 1.54) is 36.2 Å². The van der Waals surface area contributed by atoms with E-state index in [-0.39, 0.29) is 29.9 Å². The molecular weight excluding hydrogens is 321 g/mol. The Bertz CT molecular complexity index is 710. The first-order valence-electron chi connectivity index (χ1n) is 6.90. The number of hydrogen-bond acceptors (Lipinski definition) is 3. The number of benzene rings is 1. The fourth-order valence-corrected chi connectivity index (χ4v) is 2.18. The van der Waals surface area contributed by atoms with Crippen LogP contribution in [0.25, 0.3) is 0 Å². The Labute approximate surface area is 138 Å². The van der Waals surface area contributed by atoms with Crippen molar-refractivity contribution < 1.29 is 14.0 Å². The summed E-state index contributed by atoms with van der Waals surface area (Å²) in [5.41, 5.74) is 0.909. The van der Waals surface area contributed by atoms with Crippen LogP contribution in [-0.4, -0.2) is 29.9 Å². The van der Waals surface area contributed by atoms with E-state index in [4.69, 9.17) is 11.6 Å². The molecule has 2 aromatic rings. The average molecular weight is 336 g/mol. The van der Waals surface area contributed by atoms with Gasteiger partial charge in [-0.2, -0.15) is 0 Å². The summed E-state index contributed by atoms with van der Waals surface area (Å²) in [5.74, 6) is -1.06. The summed E-state index contributed by atoms with van der Waals surface area (Å²) >= 11 is 5.74. The van der Waals surface area contributed by atoms with Gasteiger partial charge >= 0.3 is 0 Å². The largest absolute Gasteiger partial charge is 0.350 e. The zero-order valence-corrected chi connectivity index (χ0v) is 13.2. The number of anilines is 1. The Morgan fingerprint density at radius 3 is 2.74 bits per heavy atom. The van der Waals surface area contributed by atoms with Crippen LogP contribution in [0.1, 0.15) is 17.3 Å². The first-order valence-corrected chi connectivity index (χ1v) is 7.28. The Kier molecular flexibility index (Phi) is 5.65. The Hall–Kier alpha value is -2.47. The lowest BCUT2D eigenvalue weighted by molar-refractivity contribution is -0.116. The van der Waals surface area contributed by atoms with Crippen LogP contribution >= 0.6 is 11.6 Å². The molecule has 0 radical (unpaired) electrons. The topological polar surface area (TPSA) is 62.3 Å². The molecule has 0 saturated carbocycles. The molecule has 2 amide bonds. The van der Waals surface area contributed by atoms with Crippen molar-refractivity contribution >= 4 is 29.1 Å². The fraction of sp³-hybridized carbons (Fsp3) is 0.188. The third kappa shape index (κ3) is 4.50. The molecule has 1 heterocycles. The number of rotatable bonds is 5. The van der Waals surface area contributed by atoms with E-state index in [0.717, 1.165) is 0 Å². The maximum absolute atomic E-state index is 13.2. The van der Waals surface area contributed by atoms with Gasteiger partial charge < -0.3 is 10.2 Å². The number of halogens is 2. The molecule has 0 spiro atoms. The van der Waals surface area contributed by atoms with Crippen molar-refractivity contribution in [3.8, 4) is 0 Å². The average Bonchev–Trinajstić information content (AvgIpc) is 2.54. The zero-order valence-electron chi connectivity index (χ0n) is 12.4. The highest BCUT2D eigenvalue weighted by Crippen LogP contribution is 2.22. The normalized spacial score (nSPS) is 10.2. The lowest BCUT2D eigenvalue weighted by Crippen LogP contribution is -2.37. The van der Waals surface area contributed by atoms with Gasteiger partial charge in [0.1, 0.15) is 5.82 Å². The van der Waals surface area contributed by atoms with Crippen LogP contribution in [0.15, 0.2) is 42.7 Å². The molecule has 0 saturated heterocycles. The van der Waals surface area contributed by atoms with Crippen LogP contribution < -0.4 is 10.2 Å². The third-order valence-electron chi connectivity index (χ3n) is 3.14. The van der Waals surface area contributed by atoms with Crippen molar-refractivity contribution in [2.24, 2.45) is 0 Å². The van der Waals surface area contributed by atoms with Crippen LogP contribution in [0.3, 0.4) is 0 Å². The number of amides is 2. The third-order valence-corrected chi connectivity index (χ3v) is 3.43. The molecule has 2 rings (SSSR count). The Balaban J connectivity index is 1.99. The summed E-state index contributed by atoms with van der Waals surface area (Å²) in [6.45, 7) is 1.87. The highest BCUT2D eigenvalue weighted by molar-refractivity contribution is 6.31. The minimum atomic E-state index is -0.552. The van der Waals surface area contributed by atoms with Crippen molar-refractivity contribution in [1.29, 1.82) is 0 Å². The summed E-state index contributed by atoms with van der Waals surface area (Å²) in [6.07, 6.45) is 3.03. The molecule has 0 aliphatic carbocycles. The minimum Gasteiger partial charge on any atom is -0.350 e. The van der Waals surface area contributed by atoms with Gasteiger partial charge in [-0.3, -0.25) is 14.6 Å². The molecule has 0 aliphatic rings. The van der Waals surface area contributed by atoms with Gasteiger partial charge in [0.2, 0.25) is 5.91 Å². The summed E-state index contributed by atoms with van der Waals surface area (Å²) in [5, 5.41) is 2.64. The molecular formula is C16H15ClFN3O2. The van der Waals surface area contributed by atoms with Gasteiger partial charge in [-0.25, -0.2) is 4.39 Å². The molecule has 1 aromatic carbocycles. The highest BCUT2D eigenvalue weighted by Gasteiger charge is 2.14. The van der Waals surface area contributed by atoms with E-state index in [9.17, 15) is 14.0 Å². The molecule has 0 atom stereocenters. The SMILES string of the molecule is CC(=O)N(CCNC(=O)c1cccnc1)c1ccc(F)c(Cl)c1. The van der Waals surface area contributed by atoms with Crippen LogP contribution in [0.2, 0.25) is 5.02 Å². The predicted octanol–water partition coefficient (Wildman–Crippen LogP) is 2.66. The van der Waals surface area contributed by atoms with Crippen LogP contribution in [0.5, 0.6) is 0 Å². The van der Waals surface area contributed by atoms with E-state index in [1.54, 1.807) is 18.3 Å². The lowest BCUT2D eigenvalue weighted by atomic mass is 10.2. The van der Waals surface area contributed by atoms with Crippen molar-refractivity contribution in [2.45, 2.75) is 6.92 Å². The number of nitrogens with zero attached hydrogens (tertiary/aromatic N) is 2. The molecule has 0 aliphatic heterocycles. The van der Waals surface area contributed by atoms with Crippen molar-refractivity contribution in [2.75, 3.05) is 18.0 Å². The van der Waals surface area contributed by atoms with Crippen molar-refractivity contribution in [3.05, 3.63) is 59.1 Å². The van der Waals surface area contributed by atoms with Gasteiger partial charge in [-0.15, -0.1) is 0 Å². The van der Waals surface area contributed by atoms with Crippen molar-refractivity contribution in [1.82, 2.24) is 10.3 Å². The quantitative estimate of drug-likeness (QED) is 0.913. The van der Waals surface area contributed by atoms with E-state index in [1.807, 2.05) is 0 Å². The minimum absolute atomic E-state index is 0.0619. The zero-order chi connectivity index (χ0) is 16.8. The highest BCUT2D eigenvalue weighted by atomic mass is 35.5. The molecule has 7 heteroatoms. The second-order valence-corrected chi connectivity index (χ2v) is 5.17. The van der Waals surface area contributed by atoms with Crippen LogP contribution in [0, 0.1) is 5.82 Å². The van der Waals surface area contributed by atoms with Crippen molar-refractivity contribution in [3.63, 3.8) is 0 Å². The predicted molar refractivity (Wildman–Crippen MR) is 86.0 cm³/mol. The molecule has 5 nitrogen and oxygen atoms in total. The van der Waals surface area contributed by atoms with Gasteiger partial charge in [-0.1, -0.05) is 11.6 Å². The maximum atomic E-state index is 13.2. The summed E-state index contributed by atoms with van der Waals surface area (Å²) in [4.78, 5) is 28.9.